The van der Waals surface area contributed by atoms with Crippen LogP contribution >= 0.6 is 27.5 Å². The lowest BCUT2D eigenvalue weighted by Gasteiger charge is -2.12. The Morgan fingerprint density at radius 2 is 1.84 bits per heavy atom. The summed E-state index contributed by atoms with van der Waals surface area (Å²) in [6.45, 7) is 0. The topological polar surface area (TPSA) is 20.2 Å². The van der Waals surface area contributed by atoms with Crippen molar-refractivity contribution in [1.82, 2.24) is 0 Å². The van der Waals surface area contributed by atoms with E-state index in [4.69, 9.17) is 11.6 Å². The molecule has 5 heteroatoms. The molecule has 0 saturated carbocycles. The molecule has 0 aliphatic rings. The minimum absolute atomic E-state index is 0.171. The van der Waals surface area contributed by atoms with Crippen LogP contribution in [0.3, 0.4) is 0 Å². The van der Waals surface area contributed by atoms with E-state index in [-0.39, 0.29) is 22.8 Å². The van der Waals surface area contributed by atoms with Gasteiger partial charge in [-0.15, -0.1) is 0 Å². The molecule has 1 unspecified atom stereocenters. The molecule has 100 valence electrons. The van der Waals surface area contributed by atoms with Crippen molar-refractivity contribution in [1.29, 1.82) is 0 Å². The largest absolute Gasteiger partial charge is 0.388 e. The average Bonchev–Trinajstić information content (AvgIpc) is 2.33. The second-order valence-electron chi connectivity index (χ2n) is 4.13. The highest BCUT2D eigenvalue weighted by Crippen LogP contribution is 2.25. The molecule has 1 N–H and O–H groups in total. The van der Waals surface area contributed by atoms with Gasteiger partial charge in [-0.05, 0) is 45.8 Å². The smallest absolute Gasteiger partial charge is 0.137 e. The lowest BCUT2D eigenvalue weighted by molar-refractivity contribution is 0.173. The summed E-state index contributed by atoms with van der Waals surface area (Å²) in [5, 5.41) is 10.3. The first-order chi connectivity index (χ1) is 8.97. The van der Waals surface area contributed by atoms with Crippen LogP contribution in [0.2, 0.25) is 5.02 Å². The Balaban J connectivity index is 2.20. The Morgan fingerprint density at radius 3 is 2.47 bits per heavy atom. The van der Waals surface area contributed by atoms with Crippen LogP contribution in [-0.4, -0.2) is 5.11 Å². The number of hydrogen-bond donors (Lipinski definition) is 1. The first kappa shape index (κ1) is 14.4. The van der Waals surface area contributed by atoms with Crippen LogP contribution in [-0.2, 0) is 6.42 Å². The monoisotopic (exact) mass is 346 g/mol. The lowest BCUT2D eigenvalue weighted by atomic mass is 10.0. The molecule has 2 aromatic rings. The third-order valence-electron chi connectivity index (χ3n) is 2.73. The van der Waals surface area contributed by atoms with E-state index >= 15 is 0 Å². The van der Waals surface area contributed by atoms with Crippen LogP contribution in [0.4, 0.5) is 8.78 Å². The maximum absolute atomic E-state index is 13.6. The number of hydrogen-bond acceptors (Lipinski definition) is 1. The number of benzene rings is 2. The molecule has 0 saturated heterocycles. The van der Waals surface area contributed by atoms with Gasteiger partial charge in [0.1, 0.15) is 11.6 Å². The van der Waals surface area contributed by atoms with Crippen molar-refractivity contribution in [3.63, 3.8) is 0 Å². The summed E-state index contributed by atoms with van der Waals surface area (Å²) in [4.78, 5) is 0. The fraction of sp³-hybridized carbons (Fsp3) is 0.143. The quantitative estimate of drug-likeness (QED) is 0.856. The molecule has 0 heterocycles. The maximum Gasteiger partial charge on any atom is 0.137 e. The molecular weight excluding hydrogens is 338 g/mol. The third kappa shape index (κ3) is 3.53. The first-order valence-corrected chi connectivity index (χ1v) is 6.71. The van der Waals surface area contributed by atoms with Gasteiger partial charge in [0.15, 0.2) is 0 Å². The predicted octanol–water partition coefficient (Wildman–Crippen LogP) is 4.66. The zero-order chi connectivity index (χ0) is 14.0. The third-order valence-corrected chi connectivity index (χ3v) is 3.58. The predicted molar refractivity (Wildman–Crippen MR) is 74.2 cm³/mol. The van der Waals surface area contributed by atoms with Crippen molar-refractivity contribution in [3.8, 4) is 0 Å². The molecule has 0 spiro atoms. The van der Waals surface area contributed by atoms with E-state index < -0.39 is 11.9 Å². The highest BCUT2D eigenvalue weighted by Gasteiger charge is 2.14. The number of aliphatic hydroxyl groups is 1. The van der Waals surface area contributed by atoms with Gasteiger partial charge in [0.2, 0.25) is 0 Å². The maximum atomic E-state index is 13.6. The van der Waals surface area contributed by atoms with E-state index in [0.29, 0.717) is 10.0 Å². The Kier molecular flexibility index (Phi) is 4.55. The standard InChI is InChI=1S/C14H10BrClF2O/c15-11-5-8(1-4-12(11)17)6-14(19)10-3-2-9(16)7-13(10)18/h1-5,7,14,19H,6H2. The molecule has 0 aliphatic heterocycles. The average molecular weight is 348 g/mol. The number of aliphatic hydroxyl groups excluding tert-OH is 1. The van der Waals surface area contributed by atoms with Gasteiger partial charge in [-0.1, -0.05) is 23.7 Å². The summed E-state index contributed by atoms with van der Waals surface area (Å²) >= 11 is 8.72. The lowest BCUT2D eigenvalue weighted by Crippen LogP contribution is -2.04. The van der Waals surface area contributed by atoms with Crippen LogP contribution in [0, 0.1) is 11.6 Å². The SMILES string of the molecule is OC(Cc1ccc(F)c(Br)c1)c1ccc(Cl)cc1F. The van der Waals surface area contributed by atoms with Crippen molar-refractivity contribution in [3.05, 3.63) is 68.7 Å². The molecule has 1 nitrogen and oxygen atoms in total. The molecular formula is C14H10BrClF2O. The molecule has 2 aromatic carbocycles. The number of rotatable bonds is 3. The summed E-state index contributed by atoms with van der Waals surface area (Å²) in [7, 11) is 0. The van der Waals surface area contributed by atoms with Gasteiger partial charge in [0, 0.05) is 17.0 Å². The zero-order valence-electron chi connectivity index (χ0n) is 9.71. The van der Waals surface area contributed by atoms with Gasteiger partial charge in [-0.25, -0.2) is 8.78 Å². The molecule has 1 atom stereocenters. The van der Waals surface area contributed by atoms with Crippen molar-refractivity contribution < 1.29 is 13.9 Å². The van der Waals surface area contributed by atoms with Crippen LogP contribution < -0.4 is 0 Å². The molecule has 0 bridgehead atoms. The van der Waals surface area contributed by atoms with Crippen molar-refractivity contribution in [2.24, 2.45) is 0 Å². The van der Waals surface area contributed by atoms with Crippen LogP contribution in [0.25, 0.3) is 0 Å². The first-order valence-electron chi connectivity index (χ1n) is 5.54. The summed E-state index contributed by atoms with van der Waals surface area (Å²) in [5.74, 6) is -0.933. The highest BCUT2D eigenvalue weighted by molar-refractivity contribution is 9.10. The molecule has 0 fully saturated rings. The van der Waals surface area contributed by atoms with Gasteiger partial charge < -0.3 is 5.11 Å². The van der Waals surface area contributed by atoms with Crippen LogP contribution in [0.5, 0.6) is 0 Å². The van der Waals surface area contributed by atoms with E-state index in [9.17, 15) is 13.9 Å². The Hall–Kier alpha value is -0.970. The summed E-state index contributed by atoms with van der Waals surface area (Å²) in [5.41, 5.74) is 0.875. The zero-order valence-corrected chi connectivity index (χ0v) is 12.0. The van der Waals surface area contributed by atoms with Crippen molar-refractivity contribution in [2.45, 2.75) is 12.5 Å². The number of halogens is 4. The molecule has 0 radical (unpaired) electrons. The highest BCUT2D eigenvalue weighted by atomic mass is 79.9. The van der Waals surface area contributed by atoms with Gasteiger partial charge in [0.25, 0.3) is 0 Å². The van der Waals surface area contributed by atoms with Crippen LogP contribution in [0.1, 0.15) is 17.2 Å². The van der Waals surface area contributed by atoms with E-state index in [2.05, 4.69) is 15.9 Å². The molecule has 0 aliphatic carbocycles. The Morgan fingerprint density at radius 1 is 1.11 bits per heavy atom. The Labute approximate surface area is 123 Å². The normalized spacial score (nSPS) is 12.5. The van der Waals surface area contributed by atoms with Gasteiger partial charge in [-0.2, -0.15) is 0 Å². The fourth-order valence-electron chi connectivity index (χ4n) is 1.77. The summed E-state index contributed by atoms with van der Waals surface area (Å²) in [6, 6.07) is 8.53. The molecule has 2 rings (SSSR count). The second kappa shape index (κ2) is 5.99. The van der Waals surface area contributed by atoms with E-state index in [0.717, 1.165) is 6.07 Å². The van der Waals surface area contributed by atoms with Gasteiger partial charge in [-0.3, -0.25) is 0 Å². The Bertz CT molecular complexity index is 604. The van der Waals surface area contributed by atoms with Crippen LogP contribution in [0.15, 0.2) is 40.9 Å². The molecule has 0 amide bonds. The van der Waals surface area contributed by atoms with E-state index in [1.807, 2.05) is 0 Å². The van der Waals surface area contributed by atoms with E-state index in [1.54, 1.807) is 12.1 Å². The summed E-state index contributed by atoms with van der Waals surface area (Å²) < 4.78 is 27.0. The van der Waals surface area contributed by atoms with Gasteiger partial charge >= 0.3 is 0 Å². The van der Waals surface area contributed by atoms with Gasteiger partial charge in [0.05, 0.1) is 10.6 Å². The minimum atomic E-state index is -1.00. The second-order valence-corrected chi connectivity index (χ2v) is 5.42. The minimum Gasteiger partial charge on any atom is -0.388 e. The van der Waals surface area contributed by atoms with E-state index in [1.165, 1.54) is 18.2 Å². The fourth-order valence-corrected chi connectivity index (χ4v) is 2.36. The van der Waals surface area contributed by atoms with Crippen molar-refractivity contribution in [2.75, 3.05) is 0 Å². The molecule has 19 heavy (non-hydrogen) atoms. The summed E-state index contributed by atoms with van der Waals surface area (Å²) in [6.07, 6.45) is -0.813. The molecule has 0 aromatic heterocycles. The van der Waals surface area contributed by atoms with Crippen molar-refractivity contribution >= 4 is 27.5 Å².